The van der Waals surface area contributed by atoms with Crippen LogP contribution in [0, 0.1) is 6.92 Å². The normalized spacial score (nSPS) is 10.6. The van der Waals surface area contributed by atoms with Crippen molar-refractivity contribution in [2.45, 2.75) is 33.2 Å². The topological polar surface area (TPSA) is 43.8 Å². The Morgan fingerprint density at radius 3 is 2.83 bits per heavy atom. The van der Waals surface area contributed by atoms with Crippen LogP contribution in [0.2, 0.25) is 0 Å². The van der Waals surface area contributed by atoms with Crippen LogP contribution in [0.5, 0.6) is 0 Å². The number of hydrogen-bond acceptors (Lipinski definition) is 2. The van der Waals surface area contributed by atoms with Crippen molar-refractivity contribution < 1.29 is 0 Å². The van der Waals surface area contributed by atoms with Crippen LogP contribution in [0.3, 0.4) is 0 Å². The van der Waals surface area contributed by atoms with E-state index < -0.39 is 0 Å². The van der Waals surface area contributed by atoms with Gasteiger partial charge >= 0.3 is 0 Å². The predicted octanol–water partition coefficient (Wildman–Crippen LogP) is 1.10. The van der Waals surface area contributed by atoms with E-state index in [1.807, 2.05) is 4.68 Å². The second-order valence-corrected chi connectivity index (χ2v) is 2.99. The standard InChI is InChI=1S/C9H17N3/c1-3-12-7-9(5-4-6-10)8(2)11-12/h7H,3-6,10H2,1-2H3. The molecule has 0 spiro atoms. The molecule has 0 fully saturated rings. The number of rotatable bonds is 4. The summed E-state index contributed by atoms with van der Waals surface area (Å²) in [6.45, 7) is 5.86. The fraction of sp³-hybridized carbons (Fsp3) is 0.667. The molecular weight excluding hydrogens is 150 g/mol. The first kappa shape index (κ1) is 9.26. The molecule has 0 amide bonds. The van der Waals surface area contributed by atoms with Crippen LogP contribution in [0.15, 0.2) is 6.20 Å². The van der Waals surface area contributed by atoms with E-state index >= 15 is 0 Å². The maximum absolute atomic E-state index is 5.44. The quantitative estimate of drug-likeness (QED) is 0.730. The largest absolute Gasteiger partial charge is 0.330 e. The molecule has 0 bridgehead atoms. The Labute approximate surface area is 73.6 Å². The molecule has 3 heteroatoms. The first-order chi connectivity index (χ1) is 5.77. The first-order valence-electron chi connectivity index (χ1n) is 4.51. The van der Waals surface area contributed by atoms with Gasteiger partial charge in [-0.15, -0.1) is 0 Å². The van der Waals surface area contributed by atoms with Crippen LogP contribution in [0.4, 0.5) is 0 Å². The van der Waals surface area contributed by atoms with Crippen LogP contribution in [-0.4, -0.2) is 16.3 Å². The van der Waals surface area contributed by atoms with Gasteiger partial charge in [0.25, 0.3) is 0 Å². The molecule has 0 aromatic carbocycles. The minimum atomic E-state index is 0.761. The lowest BCUT2D eigenvalue weighted by atomic mass is 10.1. The zero-order valence-electron chi connectivity index (χ0n) is 7.88. The summed E-state index contributed by atoms with van der Waals surface area (Å²) >= 11 is 0. The lowest BCUT2D eigenvalue weighted by Crippen LogP contribution is -2.00. The van der Waals surface area contributed by atoms with Gasteiger partial charge < -0.3 is 5.73 Å². The van der Waals surface area contributed by atoms with Crippen LogP contribution < -0.4 is 5.73 Å². The first-order valence-corrected chi connectivity index (χ1v) is 4.51. The minimum absolute atomic E-state index is 0.761. The average molecular weight is 167 g/mol. The smallest absolute Gasteiger partial charge is 0.0625 e. The molecule has 0 aliphatic carbocycles. The average Bonchev–Trinajstić information content (AvgIpc) is 2.43. The molecule has 1 rings (SSSR count). The van der Waals surface area contributed by atoms with E-state index in [2.05, 4.69) is 25.1 Å². The molecule has 3 nitrogen and oxygen atoms in total. The maximum atomic E-state index is 5.44. The molecule has 1 aromatic heterocycles. The van der Waals surface area contributed by atoms with Gasteiger partial charge in [0.2, 0.25) is 0 Å². The van der Waals surface area contributed by atoms with Gasteiger partial charge in [0.15, 0.2) is 0 Å². The van der Waals surface area contributed by atoms with Gasteiger partial charge in [0.1, 0.15) is 0 Å². The summed E-state index contributed by atoms with van der Waals surface area (Å²) in [7, 11) is 0. The van der Waals surface area contributed by atoms with Crippen molar-refractivity contribution in [3.8, 4) is 0 Å². The molecule has 0 atom stereocenters. The number of aromatic nitrogens is 2. The summed E-state index contributed by atoms with van der Waals surface area (Å²) in [6, 6.07) is 0. The Kier molecular flexibility index (Phi) is 3.29. The van der Waals surface area contributed by atoms with E-state index in [1.165, 1.54) is 5.56 Å². The summed E-state index contributed by atoms with van der Waals surface area (Å²) in [6.07, 6.45) is 4.23. The van der Waals surface area contributed by atoms with E-state index in [0.29, 0.717) is 0 Å². The highest BCUT2D eigenvalue weighted by Crippen LogP contribution is 2.07. The number of aryl methyl sites for hydroxylation is 3. The zero-order valence-corrected chi connectivity index (χ0v) is 7.88. The van der Waals surface area contributed by atoms with Gasteiger partial charge in [0, 0.05) is 12.7 Å². The molecule has 68 valence electrons. The molecule has 1 heterocycles. The molecule has 1 aromatic rings. The Morgan fingerprint density at radius 2 is 2.33 bits per heavy atom. The van der Waals surface area contributed by atoms with Crippen LogP contribution in [0.25, 0.3) is 0 Å². The lowest BCUT2D eigenvalue weighted by molar-refractivity contribution is 0.653. The summed E-state index contributed by atoms with van der Waals surface area (Å²) in [4.78, 5) is 0. The highest BCUT2D eigenvalue weighted by Gasteiger charge is 2.02. The van der Waals surface area contributed by atoms with Gasteiger partial charge in [-0.2, -0.15) is 5.10 Å². The van der Waals surface area contributed by atoms with Crippen molar-refractivity contribution in [3.63, 3.8) is 0 Å². The molecule has 0 aliphatic rings. The summed E-state index contributed by atoms with van der Waals surface area (Å²) in [5.41, 5.74) is 7.92. The number of nitrogens with zero attached hydrogens (tertiary/aromatic N) is 2. The van der Waals surface area contributed by atoms with Crippen LogP contribution in [0.1, 0.15) is 24.6 Å². The highest BCUT2D eigenvalue weighted by atomic mass is 15.3. The van der Waals surface area contributed by atoms with Crippen molar-refractivity contribution in [2.75, 3.05) is 6.54 Å². The van der Waals surface area contributed by atoms with Crippen molar-refractivity contribution in [2.24, 2.45) is 5.73 Å². The van der Waals surface area contributed by atoms with E-state index in [0.717, 1.165) is 31.6 Å². The molecule has 0 saturated carbocycles. The third-order valence-electron chi connectivity index (χ3n) is 2.02. The van der Waals surface area contributed by atoms with Crippen molar-refractivity contribution in [1.29, 1.82) is 0 Å². The molecule has 0 saturated heterocycles. The Balaban J connectivity index is 2.64. The van der Waals surface area contributed by atoms with Crippen molar-refractivity contribution >= 4 is 0 Å². The molecule has 0 radical (unpaired) electrons. The second-order valence-electron chi connectivity index (χ2n) is 2.99. The molecule has 0 aliphatic heterocycles. The third-order valence-corrected chi connectivity index (χ3v) is 2.02. The molecule has 0 unspecified atom stereocenters. The summed E-state index contributed by atoms with van der Waals surface area (Å²) in [5.74, 6) is 0. The fourth-order valence-corrected chi connectivity index (χ4v) is 1.26. The van der Waals surface area contributed by atoms with Gasteiger partial charge in [-0.3, -0.25) is 4.68 Å². The second kappa shape index (κ2) is 4.26. The number of hydrogen-bond donors (Lipinski definition) is 1. The summed E-state index contributed by atoms with van der Waals surface area (Å²) in [5, 5.41) is 4.36. The monoisotopic (exact) mass is 167 g/mol. The SMILES string of the molecule is CCn1cc(CCCN)c(C)n1. The molecule has 12 heavy (non-hydrogen) atoms. The maximum Gasteiger partial charge on any atom is 0.0625 e. The lowest BCUT2D eigenvalue weighted by Gasteiger charge is -1.94. The number of nitrogens with two attached hydrogens (primary N) is 1. The predicted molar refractivity (Wildman–Crippen MR) is 50.0 cm³/mol. The van der Waals surface area contributed by atoms with E-state index in [4.69, 9.17) is 5.73 Å². The third kappa shape index (κ3) is 2.08. The van der Waals surface area contributed by atoms with Crippen LogP contribution in [-0.2, 0) is 13.0 Å². The van der Waals surface area contributed by atoms with Crippen molar-refractivity contribution in [3.05, 3.63) is 17.5 Å². The molecular formula is C9H17N3. The van der Waals surface area contributed by atoms with Gasteiger partial charge in [-0.25, -0.2) is 0 Å². The molecule has 2 N–H and O–H groups in total. The van der Waals surface area contributed by atoms with Crippen molar-refractivity contribution in [1.82, 2.24) is 9.78 Å². The minimum Gasteiger partial charge on any atom is -0.330 e. The Hall–Kier alpha value is -0.830. The Bertz CT molecular complexity index is 240. The highest BCUT2D eigenvalue weighted by molar-refractivity contribution is 5.15. The summed E-state index contributed by atoms with van der Waals surface area (Å²) < 4.78 is 1.97. The zero-order chi connectivity index (χ0) is 8.97. The van der Waals surface area contributed by atoms with Gasteiger partial charge in [-0.1, -0.05) is 0 Å². The van der Waals surface area contributed by atoms with Gasteiger partial charge in [0.05, 0.1) is 5.69 Å². The Morgan fingerprint density at radius 1 is 1.58 bits per heavy atom. The fourth-order valence-electron chi connectivity index (χ4n) is 1.26. The van der Waals surface area contributed by atoms with E-state index in [1.54, 1.807) is 0 Å². The van der Waals surface area contributed by atoms with Gasteiger partial charge in [-0.05, 0) is 38.8 Å². The van der Waals surface area contributed by atoms with E-state index in [-0.39, 0.29) is 0 Å². The van der Waals surface area contributed by atoms with Crippen LogP contribution >= 0.6 is 0 Å². The van der Waals surface area contributed by atoms with E-state index in [9.17, 15) is 0 Å².